The van der Waals surface area contributed by atoms with Crippen molar-refractivity contribution in [2.45, 2.75) is 17.1 Å². The number of anilines is 2. The van der Waals surface area contributed by atoms with Gasteiger partial charge in [-0.2, -0.15) is 0 Å². The van der Waals surface area contributed by atoms with Gasteiger partial charge in [-0.3, -0.25) is 24.5 Å². The maximum Gasteiger partial charge on any atom is 0.276 e. The highest BCUT2D eigenvalue weighted by Gasteiger charge is 2.20. The molecule has 5 rings (SSSR count). The number of benzene rings is 4. The summed E-state index contributed by atoms with van der Waals surface area (Å²) in [6.45, 7) is 2.71. The summed E-state index contributed by atoms with van der Waals surface area (Å²) >= 11 is 1.33. The van der Waals surface area contributed by atoms with E-state index in [1.54, 1.807) is 85.8 Å². The Morgan fingerprint density at radius 2 is 1.51 bits per heavy atom. The Hall–Kier alpha value is -5.62. The van der Waals surface area contributed by atoms with Gasteiger partial charge in [0.15, 0.2) is 11.5 Å². The molecule has 3 amide bonds. The standard InChI is InChI=1S/C33H28N4O7S/c1-21(31(38)35-25-13-16-29-30(20-25)44-18-17-43-29)45-26-14-11-24(12-15-26)34-33(40)27(36-32(39)22-7-3-2-4-8-22)19-23-9-5-6-10-28(23)37(41)42/h2-16,19-21H,17-18H2,1H3,(H,34,40)(H,35,38)(H,36,39)/b27-19-. The van der Waals surface area contributed by atoms with Crippen LogP contribution in [0.5, 0.6) is 11.5 Å². The molecule has 0 aromatic heterocycles. The number of carbonyl (C=O) groups excluding carboxylic acids is 3. The SMILES string of the molecule is CC(Sc1ccc(NC(=O)/C(=C/c2ccccc2[N+](=O)[O-])NC(=O)c2ccccc2)cc1)C(=O)Nc1ccc2c(c1)OCCO2. The molecule has 11 nitrogen and oxygen atoms in total. The number of para-hydroxylation sites is 1. The van der Waals surface area contributed by atoms with E-state index in [1.807, 2.05) is 0 Å². The van der Waals surface area contributed by atoms with E-state index in [-0.39, 0.29) is 22.9 Å². The first-order valence-electron chi connectivity index (χ1n) is 13.9. The average Bonchev–Trinajstić information content (AvgIpc) is 3.05. The number of nitro groups is 1. The highest BCUT2D eigenvalue weighted by Crippen LogP contribution is 2.33. The number of rotatable bonds is 10. The molecule has 1 aliphatic rings. The molecule has 4 aromatic rings. The molecule has 1 unspecified atom stereocenters. The summed E-state index contributed by atoms with van der Waals surface area (Å²) in [5.41, 5.74) is 1.08. The van der Waals surface area contributed by atoms with Crippen LogP contribution >= 0.6 is 11.8 Å². The summed E-state index contributed by atoms with van der Waals surface area (Å²) in [4.78, 5) is 50.8. The van der Waals surface area contributed by atoms with Gasteiger partial charge >= 0.3 is 0 Å². The van der Waals surface area contributed by atoms with Crippen LogP contribution in [0.2, 0.25) is 0 Å². The van der Waals surface area contributed by atoms with E-state index in [9.17, 15) is 24.5 Å². The van der Waals surface area contributed by atoms with Crippen LogP contribution in [0.3, 0.4) is 0 Å². The van der Waals surface area contributed by atoms with Gasteiger partial charge in [-0.15, -0.1) is 11.8 Å². The van der Waals surface area contributed by atoms with E-state index in [0.717, 1.165) is 4.90 Å². The second kappa shape index (κ2) is 14.2. The largest absolute Gasteiger partial charge is 0.486 e. The number of hydrogen-bond acceptors (Lipinski definition) is 8. The van der Waals surface area contributed by atoms with Gasteiger partial charge in [0.2, 0.25) is 5.91 Å². The zero-order valence-corrected chi connectivity index (χ0v) is 24.8. The monoisotopic (exact) mass is 624 g/mol. The lowest BCUT2D eigenvalue weighted by molar-refractivity contribution is -0.385. The van der Waals surface area contributed by atoms with Crippen LogP contribution in [0.25, 0.3) is 6.08 Å². The zero-order chi connectivity index (χ0) is 31.8. The number of nitro benzene ring substituents is 1. The first-order valence-corrected chi connectivity index (χ1v) is 14.7. The number of amides is 3. The van der Waals surface area contributed by atoms with E-state index in [4.69, 9.17) is 9.47 Å². The van der Waals surface area contributed by atoms with Crippen molar-refractivity contribution in [2.24, 2.45) is 0 Å². The lowest BCUT2D eigenvalue weighted by Gasteiger charge is -2.19. The highest BCUT2D eigenvalue weighted by molar-refractivity contribution is 8.00. The molecule has 1 atom stereocenters. The second-order valence-corrected chi connectivity index (χ2v) is 11.2. The van der Waals surface area contributed by atoms with Crippen LogP contribution in [0.1, 0.15) is 22.8 Å². The van der Waals surface area contributed by atoms with Gasteiger partial charge in [0.1, 0.15) is 18.9 Å². The first kappa shape index (κ1) is 30.8. The number of nitrogens with one attached hydrogen (secondary N) is 3. The highest BCUT2D eigenvalue weighted by atomic mass is 32.2. The minimum atomic E-state index is -0.676. The van der Waals surface area contributed by atoms with E-state index in [1.165, 1.54) is 36.0 Å². The second-order valence-electron chi connectivity index (χ2n) is 9.78. The van der Waals surface area contributed by atoms with E-state index < -0.39 is 22.0 Å². The summed E-state index contributed by atoms with van der Waals surface area (Å²) in [6, 6.07) is 26.3. The number of nitrogens with zero attached hydrogens (tertiary/aromatic N) is 1. The maximum atomic E-state index is 13.3. The molecule has 0 fully saturated rings. The van der Waals surface area contributed by atoms with Gasteiger partial charge in [-0.05, 0) is 67.6 Å². The van der Waals surface area contributed by atoms with Crippen molar-refractivity contribution in [3.05, 3.63) is 124 Å². The average molecular weight is 625 g/mol. The molecule has 0 radical (unpaired) electrons. The van der Waals surface area contributed by atoms with Crippen LogP contribution in [0.15, 0.2) is 108 Å². The van der Waals surface area contributed by atoms with Crippen LogP contribution in [-0.2, 0) is 9.59 Å². The summed E-state index contributed by atoms with van der Waals surface area (Å²) in [6.07, 6.45) is 1.26. The molecule has 3 N–H and O–H groups in total. The van der Waals surface area contributed by atoms with Crippen molar-refractivity contribution in [3.63, 3.8) is 0 Å². The van der Waals surface area contributed by atoms with Crippen LogP contribution in [0.4, 0.5) is 17.1 Å². The maximum absolute atomic E-state index is 13.3. The Morgan fingerprint density at radius 1 is 0.844 bits per heavy atom. The summed E-state index contributed by atoms with van der Waals surface area (Å²) in [7, 11) is 0. The first-order chi connectivity index (χ1) is 21.8. The zero-order valence-electron chi connectivity index (χ0n) is 24.0. The number of hydrogen-bond donors (Lipinski definition) is 3. The van der Waals surface area contributed by atoms with E-state index in [2.05, 4.69) is 16.0 Å². The van der Waals surface area contributed by atoms with Gasteiger partial charge in [0.05, 0.1) is 15.7 Å². The Morgan fingerprint density at radius 3 is 2.24 bits per heavy atom. The van der Waals surface area contributed by atoms with Crippen LogP contribution in [0, 0.1) is 10.1 Å². The summed E-state index contributed by atoms with van der Waals surface area (Å²) in [5.74, 6) is -0.211. The number of fused-ring (bicyclic) bond motifs is 1. The van der Waals surface area contributed by atoms with Gasteiger partial charge in [0, 0.05) is 34.0 Å². The lowest BCUT2D eigenvalue weighted by Crippen LogP contribution is -2.30. The molecule has 4 aromatic carbocycles. The fourth-order valence-electron chi connectivity index (χ4n) is 4.31. The van der Waals surface area contributed by atoms with Crippen molar-refractivity contribution in [1.82, 2.24) is 5.32 Å². The molecule has 0 saturated carbocycles. The molecule has 0 spiro atoms. The van der Waals surface area contributed by atoms with Crippen LogP contribution in [-0.4, -0.2) is 41.1 Å². The third-order valence-electron chi connectivity index (χ3n) is 6.57. The summed E-state index contributed by atoms with van der Waals surface area (Å²) < 4.78 is 11.1. The fourth-order valence-corrected chi connectivity index (χ4v) is 5.18. The predicted octanol–water partition coefficient (Wildman–Crippen LogP) is 5.89. The van der Waals surface area contributed by atoms with Gasteiger partial charge < -0.3 is 25.4 Å². The smallest absolute Gasteiger partial charge is 0.276 e. The van der Waals surface area contributed by atoms with E-state index in [0.29, 0.717) is 41.7 Å². The molecular formula is C33H28N4O7S. The Kier molecular flexibility index (Phi) is 9.75. The number of carbonyl (C=O) groups is 3. The molecule has 1 aliphatic heterocycles. The molecule has 228 valence electrons. The molecule has 0 saturated heterocycles. The molecule has 45 heavy (non-hydrogen) atoms. The third-order valence-corrected chi connectivity index (χ3v) is 7.68. The van der Waals surface area contributed by atoms with Gasteiger partial charge in [0.25, 0.3) is 17.5 Å². The normalized spacial score (nSPS) is 12.9. The molecule has 1 heterocycles. The molecular weight excluding hydrogens is 596 g/mol. The summed E-state index contributed by atoms with van der Waals surface area (Å²) in [5, 5.41) is 19.3. The van der Waals surface area contributed by atoms with Crippen molar-refractivity contribution in [2.75, 3.05) is 23.8 Å². The van der Waals surface area contributed by atoms with Crippen molar-refractivity contribution >= 4 is 52.6 Å². The van der Waals surface area contributed by atoms with Crippen LogP contribution < -0.4 is 25.4 Å². The van der Waals surface area contributed by atoms with E-state index >= 15 is 0 Å². The Balaban J connectivity index is 1.26. The third kappa shape index (κ3) is 8.06. The van der Waals surface area contributed by atoms with Gasteiger partial charge in [-0.1, -0.05) is 30.3 Å². The number of thioether (sulfide) groups is 1. The minimum Gasteiger partial charge on any atom is -0.486 e. The number of ether oxygens (including phenoxy) is 2. The Labute approximate surface area is 262 Å². The lowest BCUT2D eigenvalue weighted by atomic mass is 10.1. The van der Waals surface area contributed by atoms with Crippen molar-refractivity contribution in [1.29, 1.82) is 0 Å². The Bertz CT molecular complexity index is 1760. The molecule has 12 heteroatoms. The predicted molar refractivity (Wildman–Crippen MR) is 171 cm³/mol. The van der Waals surface area contributed by atoms with Gasteiger partial charge in [-0.25, -0.2) is 0 Å². The molecule has 0 aliphatic carbocycles. The minimum absolute atomic E-state index is 0.149. The fraction of sp³-hybridized carbons (Fsp3) is 0.121. The van der Waals surface area contributed by atoms with Crippen molar-refractivity contribution in [3.8, 4) is 11.5 Å². The van der Waals surface area contributed by atoms with Crippen molar-refractivity contribution < 1.29 is 28.8 Å². The molecule has 0 bridgehead atoms. The quantitative estimate of drug-likeness (QED) is 0.0856. The topological polar surface area (TPSA) is 149 Å².